The van der Waals surface area contributed by atoms with Crippen molar-refractivity contribution in [3.8, 4) is 0 Å². The molecule has 130 valence electrons. The lowest BCUT2D eigenvalue weighted by Gasteiger charge is -2.30. The summed E-state index contributed by atoms with van der Waals surface area (Å²) in [5, 5.41) is 9.74. The van der Waals surface area contributed by atoms with E-state index in [1.165, 1.54) is 10.6 Å². The Balaban J connectivity index is 1.83. The van der Waals surface area contributed by atoms with E-state index in [2.05, 4.69) is 15.7 Å². The quantitative estimate of drug-likeness (QED) is 0.841. The van der Waals surface area contributed by atoms with Gasteiger partial charge in [0.05, 0.1) is 12.5 Å². The van der Waals surface area contributed by atoms with Crippen LogP contribution in [0.5, 0.6) is 0 Å². The topological polar surface area (TPSA) is 96.3 Å². The third-order valence-corrected chi connectivity index (χ3v) is 5.17. The number of carbonyl (C=O) groups is 1. The van der Waals surface area contributed by atoms with Crippen LogP contribution in [0.15, 0.2) is 12.3 Å². The maximum Gasteiger partial charge on any atom is 0.320 e. The van der Waals surface area contributed by atoms with Crippen molar-refractivity contribution < 1.29 is 13.2 Å². The van der Waals surface area contributed by atoms with Crippen molar-refractivity contribution in [2.24, 2.45) is 5.92 Å². The van der Waals surface area contributed by atoms with Crippen LogP contribution in [0.2, 0.25) is 0 Å². The van der Waals surface area contributed by atoms with Crippen LogP contribution in [0.25, 0.3) is 0 Å². The van der Waals surface area contributed by atoms with Crippen LogP contribution >= 0.6 is 0 Å². The van der Waals surface area contributed by atoms with E-state index in [0.717, 1.165) is 12.8 Å². The second-order valence-electron chi connectivity index (χ2n) is 6.22. The van der Waals surface area contributed by atoms with Crippen LogP contribution in [0.4, 0.5) is 10.6 Å². The largest absolute Gasteiger partial charge is 0.338 e. The van der Waals surface area contributed by atoms with Crippen molar-refractivity contribution in [2.45, 2.75) is 32.7 Å². The van der Waals surface area contributed by atoms with E-state index in [-0.39, 0.29) is 18.0 Å². The van der Waals surface area contributed by atoms with Crippen LogP contribution in [0, 0.1) is 5.92 Å². The molecule has 1 fully saturated rings. The molecule has 0 aromatic carbocycles. The summed E-state index contributed by atoms with van der Waals surface area (Å²) >= 11 is 0. The van der Waals surface area contributed by atoms with Gasteiger partial charge in [0.1, 0.15) is 5.82 Å². The molecule has 2 N–H and O–H groups in total. The molecule has 1 aromatic rings. The molecule has 23 heavy (non-hydrogen) atoms. The number of anilines is 1. The smallest absolute Gasteiger partial charge is 0.320 e. The molecule has 2 amide bonds. The second-order valence-corrected chi connectivity index (χ2v) is 8.20. The highest BCUT2D eigenvalue weighted by Gasteiger charge is 2.26. The summed E-state index contributed by atoms with van der Waals surface area (Å²) in [5.41, 5.74) is 0. The highest BCUT2D eigenvalue weighted by molar-refractivity contribution is 7.88. The maximum absolute atomic E-state index is 12.0. The zero-order valence-electron chi connectivity index (χ0n) is 13.8. The average molecular weight is 343 g/mol. The molecule has 0 spiro atoms. The zero-order valence-corrected chi connectivity index (χ0v) is 14.6. The SMILES string of the molecule is CC(C)n1nccc1NC(=O)NC[C@@H]1CCCN(S(C)(=O)=O)C1. The van der Waals surface area contributed by atoms with Gasteiger partial charge in [-0.2, -0.15) is 5.10 Å². The van der Waals surface area contributed by atoms with Gasteiger partial charge in [0.2, 0.25) is 10.0 Å². The molecule has 1 atom stereocenters. The molecule has 0 radical (unpaired) electrons. The number of nitrogens with one attached hydrogen (secondary N) is 2. The number of piperidine rings is 1. The zero-order chi connectivity index (χ0) is 17.0. The number of carbonyl (C=O) groups excluding carboxylic acids is 1. The third kappa shape index (κ3) is 4.93. The number of urea groups is 1. The predicted octanol–water partition coefficient (Wildman–Crippen LogP) is 1.26. The monoisotopic (exact) mass is 343 g/mol. The fraction of sp³-hybridized carbons (Fsp3) is 0.714. The van der Waals surface area contributed by atoms with Gasteiger partial charge in [-0.15, -0.1) is 0 Å². The summed E-state index contributed by atoms with van der Waals surface area (Å²) in [6, 6.07) is 1.59. The Hall–Kier alpha value is -1.61. The van der Waals surface area contributed by atoms with Gasteiger partial charge in [-0.05, 0) is 32.6 Å². The number of sulfonamides is 1. The molecule has 2 rings (SSSR count). The minimum absolute atomic E-state index is 0.138. The Bertz CT molecular complexity index is 641. The van der Waals surface area contributed by atoms with Gasteiger partial charge in [0.15, 0.2) is 0 Å². The van der Waals surface area contributed by atoms with E-state index in [4.69, 9.17) is 0 Å². The van der Waals surface area contributed by atoms with Gasteiger partial charge in [-0.3, -0.25) is 5.32 Å². The van der Waals surface area contributed by atoms with Crippen molar-refractivity contribution in [2.75, 3.05) is 31.2 Å². The fourth-order valence-corrected chi connectivity index (χ4v) is 3.66. The predicted molar refractivity (Wildman–Crippen MR) is 88.8 cm³/mol. The van der Waals surface area contributed by atoms with Crippen LogP contribution < -0.4 is 10.6 Å². The minimum atomic E-state index is -3.16. The molecule has 0 saturated carbocycles. The number of aromatic nitrogens is 2. The Morgan fingerprint density at radius 2 is 2.22 bits per heavy atom. The Morgan fingerprint density at radius 3 is 2.87 bits per heavy atom. The minimum Gasteiger partial charge on any atom is -0.338 e. The van der Waals surface area contributed by atoms with Crippen molar-refractivity contribution in [1.82, 2.24) is 19.4 Å². The Morgan fingerprint density at radius 1 is 1.48 bits per heavy atom. The molecule has 1 saturated heterocycles. The van der Waals surface area contributed by atoms with Gasteiger partial charge in [-0.25, -0.2) is 22.2 Å². The lowest BCUT2D eigenvalue weighted by atomic mass is 10.00. The molecule has 1 aliphatic heterocycles. The number of amides is 2. The van der Waals surface area contributed by atoms with Gasteiger partial charge in [0.25, 0.3) is 0 Å². The number of rotatable bonds is 5. The van der Waals surface area contributed by atoms with E-state index in [9.17, 15) is 13.2 Å². The van der Waals surface area contributed by atoms with Gasteiger partial charge >= 0.3 is 6.03 Å². The summed E-state index contributed by atoms with van der Waals surface area (Å²) in [5.74, 6) is 0.776. The molecule has 9 heteroatoms. The lowest BCUT2D eigenvalue weighted by Crippen LogP contribution is -2.44. The van der Waals surface area contributed by atoms with Crippen LogP contribution in [-0.4, -0.2) is 54.4 Å². The van der Waals surface area contributed by atoms with Gasteiger partial charge in [-0.1, -0.05) is 0 Å². The summed E-state index contributed by atoms with van der Waals surface area (Å²) in [7, 11) is -3.16. The van der Waals surface area contributed by atoms with Crippen LogP contribution in [0.1, 0.15) is 32.7 Å². The summed E-state index contributed by atoms with van der Waals surface area (Å²) < 4.78 is 26.4. The van der Waals surface area contributed by atoms with Crippen LogP contribution in [0.3, 0.4) is 0 Å². The molecule has 1 aromatic heterocycles. The molecule has 0 aliphatic carbocycles. The van der Waals surface area contributed by atoms with Gasteiger partial charge in [0, 0.05) is 31.7 Å². The van der Waals surface area contributed by atoms with E-state index in [1.807, 2.05) is 13.8 Å². The third-order valence-electron chi connectivity index (χ3n) is 3.90. The normalized spacial score (nSPS) is 19.7. The van der Waals surface area contributed by atoms with E-state index in [1.54, 1.807) is 16.9 Å². The average Bonchev–Trinajstić information content (AvgIpc) is 2.93. The number of nitrogens with zero attached hydrogens (tertiary/aromatic N) is 3. The van der Waals surface area contributed by atoms with E-state index >= 15 is 0 Å². The molecule has 2 heterocycles. The number of hydrogen-bond donors (Lipinski definition) is 2. The molecular formula is C14H25N5O3S. The highest BCUT2D eigenvalue weighted by atomic mass is 32.2. The summed E-state index contributed by atoms with van der Waals surface area (Å²) in [6.45, 7) is 5.45. The van der Waals surface area contributed by atoms with Crippen molar-refractivity contribution in [1.29, 1.82) is 0 Å². The molecular weight excluding hydrogens is 318 g/mol. The molecule has 0 bridgehead atoms. The molecule has 1 aliphatic rings. The Kier molecular flexibility index (Phi) is 5.64. The maximum atomic E-state index is 12.0. The van der Waals surface area contributed by atoms with Crippen molar-refractivity contribution in [3.05, 3.63) is 12.3 Å². The fourth-order valence-electron chi connectivity index (χ4n) is 2.72. The first-order chi connectivity index (χ1) is 10.8. The first-order valence-electron chi connectivity index (χ1n) is 7.81. The lowest BCUT2D eigenvalue weighted by molar-refractivity contribution is 0.239. The van der Waals surface area contributed by atoms with Crippen LogP contribution in [-0.2, 0) is 10.0 Å². The first-order valence-corrected chi connectivity index (χ1v) is 9.65. The highest BCUT2D eigenvalue weighted by Crippen LogP contribution is 2.18. The summed E-state index contributed by atoms with van der Waals surface area (Å²) in [6.07, 6.45) is 4.60. The second kappa shape index (κ2) is 7.31. The summed E-state index contributed by atoms with van der Waals surface area (Å²) in [4.78, 5) is 12.0. The molecule has 8 nitrogen and oxygen atoms in total. The molecule has 0 unspecified atom stereocenters. The van der Waals surface area contributed by atoms with Gasteiger partial charge < -0.3 is 5.32 Å². The number of hydrogen-bond acceptors (Lipinski definition) is 4. The van der Waals surface area contributed by atoms with Crippen molar-refractivity contribution >= 4 is 21.9 Å². The van der Waals surface area contributed by atoms with E-state index < -0.39 is 10.0 Å². The standard InChI is InChI=1S/C14H25N5O3S/c1-11(2)19-13(6-7-16-19)17-14(20)15-9-12-5-4-8-18(10-12)23(3,21)22/h6-7,11-12H,4-5,8-10H2,1-3H3,(H2,15,17,20)/t12-/m0/s1. The first kappa shape index (κ1) is 17.7. The van der Waals surface area contributed by atoms with E-state index in [0.29, 0.717) is 25.5 Å². The van der Waals surface area contributed by atoms with Crippen molar-refractivity contribution in [3.63, 3.8) is 0 Å². The Labute approximate surface area is 137 Å².